The number of nitrogens with one attached hydrogen (secondary N) is 1. The van der Waals surface area contributed by atoms with Gasteiger partial charge in [0.2, 0.25) is 10.0 Å². The number of ether oxygens (including phenoxy) is 3. The molecule has 1 fully saturated rings. The Bertz CT molecular complexity index is 1050. The fraction of sp³-hybridized carbons (Fsp3) is 0.409. The first-order chi connectivity index (χ1) is 14.7. The van der Waals surface area contributed by atoms with Gasteiger partial charge in [-0.1, -0.05) is 12.1 Å². The van der Waals surface area contributed by atoms with Crippen LogP contribution in [0.4, 0.5) is 5.69 Å². The van der Waals surface area contributed by atoms with Crippen LogP contribution in [0.15, 0.2) is 41.3 Å². The highest BCUT2D eigenvalue weighted by Gasteiger charge is 2.27. The zero-order valence-electron chi connectivity index (χ0n) is 18.2. The van der Waals surface area contributed by atoms with Crippen LogP contribution in [-0.2, 0) is 19.6 Å². The van der Waals surface area contributed by atoms with E-state index in [1.54, 1.807) is 6.92 Å². The number of benzene rings is 2. The highest BCUT2D eigenvalue weighted by Crippen LogP contribution is 2.30. The zero-order chi connectivity index (χ0) is 22.6. The van der Waals surface area contributed by atoms with Crippen molar-refractivity contribution in [3.05, 3.63) is 47.5 Å². The maximum absolute atomic E-state index is 13.0. The Kier molecular flexibility index (Phi) is 7.19. The SMILES string of the molecule is COc1ccc(S(=O)(=O)N2CCOCC2)cc1NC(=O)C(C)Oc1cccc(C)c1C. The first-order valence-electron chi connectivity index (χ1n) is 10.0. The summed E-state index contributed by atoms with van der Waals surface area (Å²) in [6.45, 7) is 6.82. The number of methoxy groups -OCH3 is 1. The number of anilines is 1. The summed E-state index contributed by atoms with van der Waals surface area (Å²) < 4.78 is 43.7. The van der Waals surface area contributed by atoms with Crippen molar-refractivity contribution >= 4 is 21.6 Å². The molecule has 8 nitrogen and oxygen atoms in total. The van der Waals surface area contributed by atoms with Crippen LogP contribution >= 0.6 is 0 Å². The quantitative estimate of drug-likeness (QED) is 0.700. The maximum atomic E-state index is 13.0. The third kappa shape index (κ3) is 5.17. The van der Waals surface area contributed by atoms with Crippen LogP contribution in [0, 0.1) is 13.8 Å². The number of carbonyl (C=O) groups excluding carboxylic acids is 1. The number of hydrogen-bond donors (Lipinski definition) is 1. The number of nitrogens with zero attached hydrogens (tertiary/aromatic N) is 1. The lowest BCUT2D eigenvalue weighted by Crippen LogP contribution is -2.40. The predicted molar refractivity (Wildman–Crippen MR) is 117 cm³/mol. The molecule has 1 heterocycles. The Morgan fingerprint density at radius 2 is 1.84 bits per heavy atom. The summed E-state index contributed by atoms with van der Waals surface area (Å²) in [6.07, 6.45) is -0.801. The Labute approximate surface area is 183 Å². The molecule has 31 heavy (non-hydrogen) atoms. The van der Waals surface area contributed by atoms with Crippen molar-refractivity contribution in [1.82, 2.24) is 4.31 Å². The molecule has 9 heteroatoms. The minimum absolute atomic E-state index is 0.0774. The van der Waals surface area contributed by atoms with Crippen molar-refractivity contribution in [1.29, 1.82) is 0 Å². The highest BCUT2D eigenvalue weighted by molar-refractivity contribution is 7.89. The zero-order valence-corrected chi connectivity index (χ0v) is 19.0. The van der Waals surface area contributed by atoms with Crippen molar-refractivity contribution in [2.45, 2.75) is 31.8 Å². The molecule has 3 rings (SSSR count). The molecule has 1 N–H and O–H groups in total. The van der Waals surface area contributed by atoms with Crippen molar-refractivity contribution in [2.75, 3.05) is 38.7 Å². The van der Waals surface area contributed by atoms with E-state index in [-0.39, 0.29) is 23.7 Å². The molecular weight excluding hydrogens is 420 g/mol. The van der Waals surface area contributed by atoms with E-state index in [9.17, 15) is 13.2 Å². The number of sulfonamides is 1. The molecule has 0 radical (unpaired) electrons. The van der Waals surface area contributed by atoms with Gasteiger partial charge in [-0.3, -0.25) is 4.79 Å². The number of hydrogen-bond acceptors (Lipinski definition) is 6. The fourth-order valence-electron chi connectivity index (χ4n) is 3.21. The van der Waals surface area contributed by atoms with E-state index in [0.29, 0.717) is 24.7 Å². The molecule has 168 valence electrons. The van der Waals surface area contributed by atoms with Gasteiger partial charge in [0.25, 0.3) is 5.91 Å². The van der Waals surface area contributed by atoms with Gasteiger partial charge < -0.3 is 19.5 Å². The molecule has 1 atom stereocenters. The molecule has 0 bridgehead atoms. The molecule has 1 aliphatic rings. The Morgan fingerprint density at radius 1 is 1.13 bits per heavy atom. The van der Waals surface area contributed by atoms with Gasteiger partial charge in [0.15, 0.2) is 6.10 Å². The third-order valence-electron chi connectivity index (χ3n) is 5.26. The van der Waals surface area contributed by atoms with Gasteiger partial charge in [-0.15, -0.1) is 0 Å². The smallest absolute Gasteiger partial charge is 0.265 e. The van der Waals surface area contributed by atoms with Crippen LogP contribution in [0.2, 0.25) is 0 Å². The molecule has 0 spiro atoms. The number of amides is 1. The van der Waals surface area contributed by atoms with Crippen molar-refractivity contribution in [3.8, 4) is 11.5 Å². The second kappa shape index (κ2) is 9.67. The van der Waals surface area contributed by atoms with E-state index < -0.39 is 22.0 Å². The van der Waals surface area contributed by atoms with E-state index >= 15 is 0 Å². The molecule has 2 aromatic carbocycles. The molecule has 1 saturated heterocycles. The lowest BCUT2D eigenvalue weighted by Gasteiger charge is -2.26. The van der Waals surface area contributed by atoms with Gasteiger partial charge in [0.1, 0.15) is 11.5 Å². The van der Waals surface area contributed by atoms with E-state index in [2.05, 4.69) is 5.32 Å². The minimum Gasteiger partial charge on any atom is -0.495 e. The predicted octanol–water partition coefficient (Wildman–Crippen LogP) is 2.74. The monoisotopic (exact) mass is 448 g/mol. The topological polar surface area (TPSA) is 94.2 Å². The fourth-order valence-corrected chi connectivity index (χ4v) is 4.65. The average Bonchev–Trinajstić information content (AvgIpc) is 2.77. The van der Waals surface area contributed by atoms with Gasteiger partial charge in [-0.05, 0) is 56.2 Å². The molecule has 1 aliphatic heterocycles. The molecular formula is C22H28N2O6S. The summed E-state index contributed by atoms with van der Waals surface area (Å²) in [5.74, 6) is 0.562. The molecule has 0 aromatic heterocycles. The molecule has 1 unspecified atom stereocenters. The lowest BCUT2D eigenvalue weighted by atomic mass is 10.1. The van der Waals surface area contributed by atoms with Crippen LogP contribution in [0.1, 0.15) is 18.1 Å². The van der Waals surface area contributed by atoms with Crippen LogP contribution in [0.25, 0.3) is 0 Å². The molecule has 0 saturated carbocycles. The second-order valence-corrected chi connectivity index (χ2v) is 9.26. The van der Waals surface area contributed by atoms with Crippen LogP contribution in [0.3, 0.4) is 0 Å². The van der Waals surface area contributed by atoms with Crippen molar-refractivity contribution in [2.24, 2.45) is 0 Å². The van der Waals surface area contributed by atoms with Crippen molar-refractivity contribution in [3.63, 3.8) is 0 Å². The molecule has 0 aliphatic carbocycles. The van der Waals surface area contributed by atoms with E-state index in [0.717, 1.165) is 11.1 Å². The van der Waals surface area contributed by atoms with Gasteiger partial charge in [0, 0.05) is 13.1 Å². The summed E-state index contributed by atoms with van der Waals surface area (Å²) in [6, 6.07) is 10.0. The lowest BCUT2D eigenvalue weighted by molar-refractivity contribution is -0.122. The van der Waals surface area contributed by atoms with Crippen LogP contribution in [-0.4, -0.2) is 58.1 Å². The van der Waals surface area contributed by atoms with Crippen LogP contribution < -0.4 is 14.8 Å². The van der Waals surface area contributed by atoms with E-state index in [1.807, 2.05) is 32.0 Å². The normalized spacial score (nSPS) is 15.9. The molecule has 1 amide bonds. The molecule has 2 aromatic rings. The first-order valence-corrected chi connectivity index (χ1v) is 11.5. The summed E-state index contributed by atoms with van der Waals surface area (Å²) in [5, 5.41) is 2.73. The number of rotatable bonds is 7. The second-order valence-electron chi connectivity index (χ2n) is 7.33. The number of carbonyl (C=O) groups is 1. The largest absolute Gasteiger partial charge is 0.495 e. The highest BCUT2D eigenvalue weighted by atomic mass is 32.2. The first kappa shape index (κ1) is 23.1. The van der Waals surface area contributed by atoms with Crippen molar-refractivity contribution < 1.29 is 27.4 Å². The summed E-state index contributed by atoms with van der Waals surface area (Å²) in [7, 11) is -2.25. The average molecular weight is 449 g/mol. The Hall–Kier alpha value is -2.62. The van der Waals surface area contributed by atoms with E-state index in [1.165, 1.54) is 29.6 Å². The Morgan fingerprint density at radius 3 is 2.52 bits per heavy atom. The third-order valence-corrected chi connectivity index (χ3v) is 7.16. The Balaban J connectivity index is 1.80. The summed E-state index contributed by atoms with van der Waals surface area (Å²) in [4.78, 5) is 12.9. The standard InChI is InChI=1S/C22H28N2O6S/c1-15-6-5-7-20(16(15)2)30-17(3)22(25)23-19-14-18(8-9-21(19)28-4)31(26,27)24-10-12-29-13-11-24/h5-9,14,17H,10-13H2,1-4H3,(H,23,25). The summed E-state index contributed by atoms with van der Waals surface area (Å²) >= 11 is 0. The van der Waals surface area contributed by atoms with Crippen LogP contribution in [0.5, 0.6) is 11.5 Å². The van der Waals surface area contributed by atoms with Gasteiger partial charge in [-0.2, -0.15) is 4.31 Å². The maximum Gasteiger partial charge on any atom is 0.265 e. The minimum atomic E-state index is -3.71. The van der Waals surface area contributed by atoms with Gasteiger partial charge >= 0.3 is 0 Å². The van der Waals surface area contributed by atoms with Gasteiger partial charge in [0.05, 0.1) is 30.9 Å². The van der Waals surface area contributed by atoms with E-state index in [4.69, 9.17) is 14.2 Å². The summed E-state index contributed by atoms with van der Waals surface area (Å²) in [5.41, 5.74) is 2.28. The number of aryl methyl sites for hydroxylation is 1. The van der Waals surface area contributed by atoms with Gasteiger partial charge in [-0.25, -0.2) is 8.42 Å². The number of morpholine rings is 1.